The minimum atomic E-state index is -0.0470. The van der Waals surface area contributed by atoms with Crippen LogP contribution in [0.1, 0.15) is 32.9 Å². The summed E-state index contributed by atoms with van der Waals surface area (Å²) in [6.45, 7) is 4.27. The van der Waals surface area contributed by atoms with Crippen molar-refractivity contribution in [3.8, 4) is 5.75 Å². The van der Waals surface area contributed by atoms with Gasteiger partial charge in [-0.25, -0.2) is 0 Å². The van der Waals surface area contributed by atoms with Gasteiger partial charge in [0.2, 0.25) is 0 Å². The molecule has 0 radical (unpaired) electrons. The topological polar surface area (TPSA) is 52.1 Å². The number of carbonyl (C=O) groups is 1. The van der Waals surface area contributed by atoms with Crippen LogP contribution in [0.15, 0.2) is 24.3 Å². The number of hydrogen-bond donors (Lipinski definition) is 0. The van der Waals surface area contributed by atoms with Crippen molar-refractivity contribution in [2.24, 2.45) is 0 Å². The molecule has 96 valence electrons. The maximum absolute atomic E-state index is 12.6. The molecule has 1 aromatic heterocycles. The van der Waals surface area contributed by atoms with Crippen molar-refractivity contribution in [2.45, 2.75) is 20.3 Å². The molecular weight excluding hydrogens is 240 g/mol. The fourth-order valence-electron chi connectivity index (χ4n) is 2.32. The lowest BCUT2D eigenvalue weighted by Crippen LogP contribution is -2.08. The molecule has 0 unspecified atom stereocenters. The molecule has 4 heteroatoms. The minimum absolute atomic E-state index is 0.0470. The van der Waals surface area contributed by atoms with Crippen LogP contribution in [-0.4, -0.2) is 22.6 Å². The molecule has 0 atom stereocenters. The first-order valence-electron chi connectivity index (χ1n) is 6.27. The van der Waals surface area contributed by atoms with Crippen LogP contribution in [0.5, 0.6) is 5.75 Å². The van der Waals surface area contributed by atoms with Crippen LogP contribution in [0, 0.1) is 13.8 Å². The van der Waals surface area contributed by atoms with Crippen LogP contribution in [0.25, 0.3) is 0 Å². The summed E-state index contributed by atoms with van der Waals surface area (Å²) in [5.74, 6) is 0.676. The number of aromatic nitrogens is 2. The Kier molecular flexibility index (Phi) is 2.78. The summed E-state index contributed by atoms with van der Waals surface area (Å²) in [5.41, 5.74) is 3.69. The molecule has 0 saturated carbocycles. The number of aryl methyl sites for hydroxylation is 2. The minimum Gasteiger partial charge on any atom is -0.492 e. The Morgan fingerprint density at radius 1 is 1.21 bits per heavy atom. The number of fused-ring (bicyclic) bond motifs is 1. The van der Waals surface area contributed by atoms with Crippen molar-refractivity contribution >= 4 is 5.78 Å². The second-order valence-electron chi connectivity index (χ2n) is 4.71. The van der Waals surface area contributed by atoms with Crippen molar-refractivity contribution in [1.82, 2.24) is 10.2 Å². The van der Waals surface area contributed by atoms with E-state index in [1.807, 2.05) is 25.1 Å². The number of carbonyl (C=O) groups excluding carboxylic acids is 1. The van der Waals surface area contributed by atoms with Gasteiger partial charge in [-0.2, -0.15) is 10.2 Å². The summed E-state index contributed by atoms with van der Waals surface area (Å²) < 4.78 is 5.59. The zero-order valence-electron chi connectivity index (χ0n) is 10.9. The maximum atomic E-state index is 12.6. The van der Waals surface area contributed by atoms with Gasteiger partial charge in [0, 0.05) is 12.0 Å². The predicted octanol–water partition coefficient (Wildman–Crippen LogP) is 2.26. The molecule has 1 aliphatic rings. The lowest BCUT2D eigenvalue weighted by Gasteiger charge is -2.08. The van der Waals surface area contributed by atoms with E-state index in [0.717, 1.165) is 23.4 Å². The number of ether oxygens (including phenoxy) is 1. The van der Waals surface area contributed by atoms with E-state index in [-0.39, 0.29) is 5.78 Å². The molecule has 0 amide bonds. The fourth-order valence-corrected chi connectivity index (χ4v) is 2.32. The molecule has 0 saturated heterocycles. The predicted molar refractivity (Wildman–Crippen MR) is 70.6 cm³/mol. The maximum Gasteiger partial charge on any atom is 0.198 e. The van der Waals surface area contributed by atoms with E-state index in [9.17, 15) is 4.79 Å². The number of rotatable bonds is 2. The standard InChI is InChI=1S/C15H14N2O2/c1-9-8-13(10(2)17-16-9)14(18)12-5-3-4-11-6-7-19-15(11)12/h3-5,8H,6-7H2,1-2H3. The van der Waals surface area contributed by atoms with Gasteiger partial charge < -0.3 is 4.74 Å². The van der Waals surface area contributed by atoms with Crippen molar-refractivity contribution in [3.05, 3.63) is 52.3 Å². The van der Waals surface area contributed by atoms with E-state index in [2.05, 4.69) is 10.2 Å². The van der Waals surface area contributed by atoms with Crippen LogP contribution in [-0.2, 0) is 6.42 Å². The Bertz CT molecular complexity index is 665. The Morgan fingerprint density at radius 3 is 2.89 bits per heavy atom. The van der Waals surface area contributed by atoms with Gasteiger partial charge in [0.05, 0.1) is 23.6 Å². The van der Waals surface area contributed by atoms with Crippen molar-refractivity contribution in [2.75, 3.05) is 6.61 Å². The van der Waals surface area contributed by atoms with Gasteiger partial charge in [-0.15, -0.1) is 0 Å². The van der Waals surface area contributed by atoms with Crippen LogP contribution in [0.3, 0.4) is 0 Å². The van der Waals surface area contributed by atoms with E-state index >= 15 is 0 Å². The first kappa shape index (κ1) is 11.8. The van der Waals surface area contributed by atoms with Crippen molar-refractivity contribution in [1.29, 1.82) is 0 Å². The normalized spacial score (nSPS) is 12.9. The van der Waals surface area contributed by atoms with Gasteiger partial charge >= 0.3 is 0 Å². The molecule has 3 rings (SSSR count). The van der Waals surface area contributed by atoms with Crippen LogP contribution in [0.2, 0.25) is 0 Å². The number of ketones is 1. The molecule has 0 N–H and O–H groups in total. The molecule has 19 heavy (non-hydrogen) atoms. The fraction of sp³-hybridized carbons (Fsp3) is 0.267. The summed E-state index contributed by atoms with van der Waals surface area (Å²) in [7, 11) is 0. The van der Waals surface area contributed by atoms with Gasteiger partial charge in [0.15, 0.2) is 5.78 Å². The smallest absolute Gasteiger partial charge is 0.198 e. The molecule has 1 aromatic carbocycles. The lowest BCUT2D eigenvalue weighted by molar-refractivity contribution is 0.103. The first-order chi connectivity index (χ1) is 9.16. The van der Waals surface area contributed by atoms with Crippen molar-refractivity contribution in [3.63, 3.8) is 0 Å². The van der Waals surface area contributed by atoms with Gasteiger partial charge in [-0.3, -0.25) is 4.79 Å². The number of nitrogens with zero attached hydrogens (tertiary/aromatic N) is 2. The Hall–Kier alpha value is -2.23. The Morgan fingerprint density at radius 2 is 2.05 bits per heavy atom. The summed E-state index contributed by atoms with van der Waals surface area (Å²) in [5, 5.41) is 7.96. The third kappa shape index (κ3) is 1.99. The second kappa shape index (κ2) is 4.46. The summed E-state index contributed by atoms with van der Waals surface area (Å²) in [4.78, 5) is 12.6. The molecule has 0 aliphatic carbocycles. The van der Waals surface area contributed by atoms with E-state index in [0.29, 0.717) is 23.4 Å². The lowest BCUT2D eigenvalue weighted by atomic mass is 9.99. The first-order valence-corrected chi connectivity index (χ1v) is 6.27. The molecule has 1 aliphatic heterocycles. The van der Waals surface area contributed by atoms with Crippen LogP contribution < -0.4 is 4.74 Å². The number of hydrogen-bond acceptors (Lipinski definition) is 4. The van der Waals surface area contributed by atoms with Gasteiger partial charge in [0.25, 0.3) is 0 Å². The number of benzene rings is 1. The molecule has 2 aromatic rings. The third-order valence-corrected chi connectivity index (χ3v) is 3.30. The Labute approximate surface area is 111 Å². The van der Waals surface area contributed by atoms with Gasteiger partial charge in [-0.05, 0) is 31.5 Å². The average molecular weight is 254 g/mol. The van der Waals surface area contributed by atoms with E-state index in [1.54, 1.807) is 13.0 Å². The third-order valence-electron chi connectivity index (χ3n) is 3.30. The molecular formula is C15H14N2O2. The highest BCUT2D eigenvalue weighted by Crippen LogP contribution is 2.31. The second-order valence-corrected chi connectivity index (χ2v) is 4.71. The van der Waals surface area contributed by atoms with E-state index < -0.39 is 0 Å². The number of para-hydroxylation sites is 1. The monoisotopic (exact) mass is 254 g/mol. The zero-order valence-corrected chi connectivity index (χ0v) is 10.9. The summed E-state index contributed by atoms with van der Waals surface area (Å²) in [6.07, 6.45) is 0.864. The Balaban J connectivity index is 2.10. The van der Waals surface area contributed by atoms with Gasteiger partial charge in [-0.1, -0.05) is 12.1 Å². The molecule has 0 spiro atoms. The van der Waals surface area contributed by atoms with E-state index in [1.165, 1.54) is 0 Å². The summed E-state index contributed by atoms with van der Waals surface area (Å²) in [6, 6.07) is 7.49. The van der Waals surface area contributed by atoms with Crippen LogP contribution in [0.4, 0.5) is 0 Å². The average Bonchev–Trinajstić information content (AvgIpc) is 2.89. The molecule has 0 bridgehead atoms. The SMILES string of the molecule is Cc1cc(C(=O)c2cccc3c2OCC3)c(C)nn1. The highest BCUT2D eigenvalue weighted by Gasteiger charge is 2.22. The highest BCUT2D eigenvalue weighted by molar-refractivity contribution is 6.11. The molecule has 0 fully saturated rings. The largest absolute Gasteiger partial charge is 0.492 e. The molecule has 2 heterocycles. The van der Waals surface area contributed by atoms with Crippen LogP contribution >= 0.6 is 0 Å². The summed E-state index contributed by atoms with van der Waals surface area (Å²) >= 11 is 0. The van der Waals surface area contributed by atoms with Gasteiger partial charge in [0.1, 0.15) is 5.75 Å². The zero-order chi connectivity index (χ0) is 13.4. The van der Waals surface area contributed by atoms with Crippen molar-refractivity contribution < 1.29 is 9.53 Å². The quantitative estimate of drug-likeness (QED) is 0.771. The molecule has 4 nitrogen and oxygen atoms in total. The van der Waals surface area contributed by atoms with E-state index in [4.69, 9.17) is 4.74 Å². The highest BCUT2D eigenvalue weighted by atomic mass is 16.5.